The number of nitrogens with one attached hydrogen (secondary N) is 2. The Morgan fingerprint density at radius 1 is 1.25 bits per heavy atom. The third kappa shape index (κ3) is 2.31. The van der Waals surface area contributed by atoms with Crippen LogP contribution in [-0.2, 0) is 0 Å². The molecular weight excluding hydrogens is 370 g/mol. The Morgan fingerprint density at radius 3 is 3.00 bits per heavy atom. The minimum Gasteiger partial charge on any atom is -0.454 e. The first-order valence-electron chi connectivity index (χ1n) is 8.70. The van der Waals surface area contributed by atoms with Gasteiger partial charge >= 0.3 is 0 Å². The molecule has 3 heterocycles. The Kier molecular flexibility index (Phi) is 3.47. The Bertz CT molecular complexity index is 817. The molecule has 5 rings (SSSR count). The van der Waals surface area contributed by atoms with Crippen LogP contribution in [0.2, 0.25) is 0 Å². The molecule has 1 saturated heterocycles. The highest BCUT2D eigenvalue weighted by atomic mass is 79.9. The zero-order chi connectivity index (χ0) is 16.3. The normalized spacial score (nSPS) is 32.2. The molecule has 1 aliphatic carbocycles. The summed E-state index contributed by atoms with van der Waals surface area (Å²) < 4.78 is 6.79. The van der Waals surface area contributed by atoms with E-state index in [4.69, 9.17) is 4.42 Å². The molecule has 2 fully saturated rings. The van der Waals surface area contributed by atoms with Crippen molar-refractivity contribution in [1.29, 1.82) is 0 Å². The lowest BCUT2D eigenvalue weighted by atomic mass is 9.85. The van der Waals surface area contributed by atoms with E-state index in [-0.39, 0.29) is 6.04 Å². The van der Waals surface area contributed by atoms with E-state index in [0.29, 0.717) is 11.8 Å². The van der Waals surface area contributed by atoms with Crippen LogP contribution in [0.1, 0.15) is 44.1 Å². The highest BCUT2D eigenvalue weighted by Crippen LogP contribution is 2.40. The third-order valence-corrected chi connectivity index (χ3v) is 6.11. The number of nitrogens with zero attached hydrogens (tertiary/aromatic N) is 1. The maximum Gasteiger partial charge on any atom is 0.208 e. The van der Waals surface area contributed by atoms with Crippen molar-refractivity contribution in [2.75, 3.05) is 5.32 Å². The van der Waals surface area contributed by atoms with E-state index < -0.39 is 6.23 Å². The third-order valence-electron chi connectivity index (χ3n) is 5.62. The van der Waals surface area contributed by atoms with Gasteiger partial charge in [0.25, 0.3) is 0 Å². The number of aliphatic hydroxyl groups is 1. The summed E-state index contributed by atoms with van der Waals surface area (Å²) in [4.78, 5) is 4.47. The first kappa shape index (κ1) is 14.9. The first-order chi connectivity index (χ1) is 11.7. The van der Waals surface area contributed by atoms with Gasteiger partial charge in [0.1, 0.15) is 11.4 Å². The summed E-state index contributed by atoms with van der Waals surface area (Å²) in [6, 6.07) is 6.66. The van der Waals surface area contributed by atoms with Crippen molar-refractivity contribution >= 4 is 38.4 Å². The van der Waals surface area contributed by atoms with E-state index in [9.17, 15) is 5.11 Å². The molecule has 4 atom stereocenters. The summed E-state index contributed by atoms with van der Waals surface area (Å²) in [6.07, 6.45) is 5.36. The molecule has 6 heteroatoms. The molecule has 126 valence electrons. The highest BCUT2D eigenvalue weighted by Gasteiger charge is 2.39. The molecular formula is C18H20BrN3O2. The summed E-state index contributed by atoms with van der Waals surface area (Å²) in [7, 11) is 0. The number of amidine groups is 1. The van der Waals surface area contributed by atoms with Gasteiger partial charge in [0.15, 0.2) is 5.76 Å². The van der Waals surface area contributed by atoms with Crippen LogP contribution in [0.3, 0.4) is 0 Å². The van der Waals surface area contributed by atoms with Crippen molar-refractivity contribution in [1.82, 2.24) is 5.32 Å². The molecule has 0 amide bonds. The number of aliphatic hydroxyl groups excluding tert-OH is 1. The van der Waals surface area contributed by atoms with Crippen molar-refractivity contribution in [3.05, 3.63) is 28.4 Å². The monoisotopic (exact) mass is 389 g/mol. The number of hydrogen-bond acceptors (Lipinski definition) is 5. The molecule has 3 aliphatic rings. The second-order valence-corrected chi connectivity index (χ2v) is 8.02. The predicted molar refractivity (Wildman–Crippen MR) is 97.2 cm³/mol. The van der Waals surface area contributed by atoms with E-state index in [2.05, 4.69) is 31.6 Å². The van der Waals surface area contributed by atoms with E-state index in [1.807, 2.05) is 18.2 Å². The number of benzene rings is 1. The highest BCUT2D eigenvalue weighted by molar-refractivity contribution is 9.10. The minimum atomic E-state index is -0.938. The van der Waals surface area contributed by atoms with Crippen LogP contribution in [0.15, 0.2) is 32.1 Å². The number of aliphatic imine (C=N–C) groups is 1. The van der Waals surface area contributed by atoms with Crippen molar-refractivity contribution in [3.8, 4) is 0 Å². The number of rotatable bonds is 1. The molecule has 5 nitrogen and oxygen atoms in total. The first-order valence-corrected chi connectivity index (χ1v) is 9.49. The lowest BCUT2D eigenvalue weighted by Gasteiger charge is -2.24. The van der Waals surface area contributed by atoms with Gasteiger partial charge in [-0.25, -0.2) is 4.99 Å². The zero-order valence-electron chi connectivity index (χ0n) is 13.3. The topological polar surface area (TPSA) is 69.8 Å². The summed E-state index contributed by atoms with van der Waals surface area (Å²) in [6.45, 7) is 0. The van der Waals surface area contributed by atoms with Gasteiger partial charge in [-0.3, -0.25) is 0 Å². The lowest BCUT2D eigenvalue weighted by molar-refractivity contribution is 0.161. The molecule has 1 aromatic heterocycles. The Morgan fingerprint density at radius 2 is 2.12 bits per heavy atom. The Hall–Kier alpha value is -1.37. The molecule has 0 spiro atoms. The summed E-state index contributed by atoms with van der Waals surface area (Å²) in [5.74, 6) is 2.08. The number of halogens is 1. The standard InChI is InChI=1S/C18H20BrN3O2/c19-10-5-6-14-11(8-10)15-16(24-14)18(23)22-17(21-15)13-7-9-3-1-2-4-12(9)20-13/h5-6,8-9,12-13,18,20,23H,1-4,7H2,(H,21,22)/t9?,12?,13-,18?/m0/s1. The number of hydrogen-bond donors (Lipinski definition) is 3. The second kappa shape index (κ2) is 5.58. The zero-order valence-corrected chi connectivity index (χ0v) is 14.8. The summed E-state index contributed by atoms with van der Waals surface area (Å²) in [5, 5.41) is 18.6. The molecule has 3 N–H and O–H groups in total. The van der Waals surface area contributed by atoms with Crippen LogP contribution < -0.4 is 10.6 Å². The van der Waals surface area contributed by atoms with Crippen LogP contribution in [0.4, 0.5) is 5.69 Å². The Labute approximate surface area is 148 Å². The quantitative estimate of drug-likeness (QED) is 0.690. The molecule has 2 aliphatic heterocycles. The van der Waals surface area contributed by atoms with Crippen molar-refractivity contribution in [3.63, 3.8) is 0 Å². The fourth-order valence-electron chi connectivity index (χ4n) is 4.46. The van der Waals surface area contributed by atoms with E-state index in [0.717, 1.165) is 39.3 Å². The van der Waals surface area contributed by atoms with Gasteiger partial charge in [0, 0.05) is 15.9 Å². The number of furan rings is 1. The summed E-state index contributed by atoms with van der Waals surface area (Å²) in [5.41, 5.74) is 1.61. The van der Waals surface area contributed by atoms with Crippen molar-refractivity contribution < 1.29 is 9.52 Å². The van der Waals surface area contributed by atoms with Crippen LogP contribution >= 0.6 is 15.9 Å². The van der Waals surface area contributed by atoms with Gasteiger partial charge in [0.2, 0.25) is 6.23 Å². The Balaban J connectivity index is 1.48. The van der Waals surface area contributed by atoms with Crippen molar-refractivity contribution in [2.45, 2.75) is 50.4 Å². The van der Waals surface area contributed by atoms with E-state index in [1.54, 1.807) is 0 Å². The van der Waals surface area contributed by atoms with Crippen LogP contribution in [0.5, 0.6) is 0 Å². The second-order valence-electron chi connectivity index (χ2n) is 7.10. The maximum absolute atomic E-state index is 10.5. The fourth-order valence-corrected chi connectivity index (χ4v) is 4.82. The molecule has 24 heavy (non-hydrogen) atoms. The van der Waals surface area contributed by atoms with Gasteiger partial charge in [-0.15, -0.1) is 0 Å². The molecule has 2 aromatic rings. The molecule has 3 unspecified atom stereocenters. The molecule has 0 bridgehead atoms. The van der Waals surface area contributed by atoms with Gasteiger partial charge in [-0.2, -0.15) is 0 Å². The van der Waals surface area contributed by atoms with Gasteiger partial charge in [0.05, 0.1) is 11.7 Å². The van der Waals surface area contributed by atoms with Gasteiger partial charge in [-0.05, 0) is 43.4 Å². The molecule has 1 aromatic carbocycles. The number of anilines is 1. The minimum absolute atomic E-state index is 0.193. The van der Waals surface area contributed by atoms with Crippen LogP contribution in [0.25, 0.3) is 11.0 Å². The summed E-state index contributed by atoms with van der Waals surface area (Å²) >= 11 is 3.51. The largest absolute Gasteiger partial charge is 0.454 e. The fraction of sp³-hybridized carbons (Fsp3) is 0.500. The van der Waals surface area contributed by atoms with Gasteiger partial charge in [-0.1, -0.05) is 28.8 Å². The van der Waals surface area contributed by atoms with Crippen molar-refractivity contribution in [2.24, 2.45) is 10.9 Å². The van der Waals surface area contributed by atoms with Gasteiger partial charge < -0.3 is 20.2 Å². The van der Waals surface area contributed by atoms with Crippen LogP contribution in [-0.4, -0.2) is 23.0 Å². The maximum atomic E-state index is 10.5. The smallest absolute Gasteiger partial charge is 0.208 e. The SMILES string of the molecule is OC1N=C([C@@H]2CC3CCCCC3N2)Nc2c1oc1ccc(Br)cc21. The van der Waals surface area contributed by atoms with E-state index >= 15 is 0 Å². The average molecular weight is 390 g/mol. The molecule has 1 saturated carbocycles. The lowest BCUT2D eigenvalue weighted by Crippen LogP contribution is -2.41. The number of fused-ring (bicyclic) bond motifs is 4. The van der Waals surface area contributed by atoms with E-state index in [1.165, 1.54) is 25.7 Å². The average Bonchev–Trinajstić information content (AvgIpc) is 3.16. The predicted octanol–water partition coefficient (Wildman–Crippen LogP) is 3.93. The molecule has 0 radical (unpaired) electrons. The van der Waals surface area contributed by atoms with Crippen LogP contribution in [0, 0.1) is 5.92 Å².